The highest BCUT2D eigenvalue weighted by Crippen LogP contribution is 2.26. The van der Waals surface area contributed by atoms with Crippen molar-refractivity contribution in [2.75, 3.05) is 20.3 Å². The lowest BCUT2D eigenvalue weighted by molar-refractivity contribution is 0.110. The summed E-state index contributed by atoms with van der Waals surface area (Å²) in [6.07, 6.45) is 4.37. The molecule has 1 fully saturated rings. The van der Waals surface area contributed by atoms with Crippen LogP contribution in [-0.4, -0.2) is 36.1 Å². The lowest BCUT2D eigenvalue weighted by atomic mass is 10.1. The number of nitrogens with one attached hydrogen (secondary N) is 1. The molecule has 1 atom stereocenters. The van der Waals surface area contributed by atoms with Crippen LogP contribution < -0.4 is 10.1 Å². The number of hydrogen-bond donors (Lipinski definition) is 1. The number of hydrogen-bond acceptors (Lipinski definition) is 4. The average molecular weight is 381 g/mol. The third-order valence-corrected chi connectivity index (χ3v) is 4.96. The van der Waals surface area contributed by atoms with Gasteiger partial charge in [0.15, 0.2) is 0 Å². The summed E-state index contributed by atoms with van der Waals surface area (Å²) in [5.41, 5.74) is 3.23. The van der Waals surface area contributed by atoms with E-state index in [1.54, 1.807) is 23.9 Å². The van der Waals surface area contributed by atoms with Crippen LogP contribution in [0.5, 0.6) is 5.75 Å². The van der Waals surface area contributed by atoms with Crippen molar-refractivity contribution in [2.24, 2.45) is 0 Å². The molecular formula is C22H24FN3O2. The summed E-state index contributed by atoms with van der Waals surface area (Å²) in [4.78, 5) is 0. The molecule has 1 aliphatic heterocycles. The summed E-state index contributed by atoms with van der Waals surface area (Å²) in [6.45, 7) is 2.28. The summed E-state index contributed by atoms with van der Waals surface area (Å²) in [5, 5.41) is 8.14. The summed E-state index contributed by atoms with van der Waals surface area (Å²) in [6, 6.07) is 14.4. The Morgan fingerprint density at radius 3 is 2.75 bits per heavy atom. The number of halogens is 1. The highest BCUT2D eigenvalue weighted by atomic mass is 19.1. The molecule has 146 valence electrons. The molecule has 0 bridgehead atoms. The van der Waals surface area contributed by atoms with Gasteiger partial charge in [0.25, 0.3) is 0 Å². The molecule has 1 saturated heterocycles. The minimum absolute atomic E-state index is 0.269. The van der Waals surface area contributed by atoms with E-state index >= 15 is 0 Å². The largest absolute Gasteiger partial charge is 0.497 e. The van der Waals surface area contributed by atoms with Crippen LogP contribution in [0.1, 0.15) is 18.4 Å². The fourth-order valence-electron chi connectivity index (χ4n) is 3.47. The molecule has 0 unspecified atom stereocenters. The maximum absolute atomic E-state index is 14.3. The third-order valence-electron chi connectivity index (χ3n) is 4.96. The van der Waals surface area contributed by atoms with Gasteiger partial charge < -0.3 is 14.8 Å². The van der Waals surface area contributed by atoms with E-state index in [-0.39, 0.29) is 11.9 Å². The van der Waals surface area contributed by atoms with Crippen molar-refractivity contribution < 1.29 is 13.9 Å². The van der Waals surface area contributed by atoms with Gasteiger partial charge in [-0.05, 0) is 49.2 Å². The zero-order valence-corrected chi connectivity index (χ0v) is 15.9. The molecule has 1 aliphatic rings. The van der Waals surface area contributed by atoms with Gasteiger partial charge in [-0.15, -0.1) is 0 Å². The van der Waals surface area contributed by atoms with Gasteiger partial charge in [-0.1, -0.05) is 12.1 Å². The number of benzene rings is 2. The van der Waals surface area contributed by atoms with Gasteiger partial charge >= 0.3 is 0 Å². The molecule has 5 nitrogen and oxygen atoms in total. The van der Waals surface area contributed by atoms with Crippen LogP contribution in [0.4, 0.5) is 4.39 Å². The second-order valence-electron chi connectivity index (χ2n) is 6.89. The second-order valence-corrected chi connectivity index (χ2v) is 6.89. The summed E-state index contributed by atoms with van der Waals surface area (Å²) in [7, 11) is 1.64. The lowest BCUT2D eigenvalue weighted by Gasteiger charge is -2.10. The van der Waals surface area contributed by atoms with Crippen molar-refractivity contribution >= 4 is 0 Å². The van der Waals surface area contributed by atoms with Crippen LogP contribution in [0, 0.1) is 5.82 Å². The van der Waals surface area contributed by atoms with E-state index in [1.165, 1.54) is 6.07 Å². The molecule has 0 radical (unpaired) electrons. The van der Waals surface area contributed by atoms with Crippen LogP contribution in [0.25, 0.3) is 16.9 Å². The number of nitrogens with zero attached hydrogens (tertiary/aromatic N) is 2. The van der Waals surface area contributed by atoms with Crippen molar-refractivity contribution in [3.8, 4) is 22.7 Å². The zero-order valence-electron chi connectivity index (χ0n) is 15.9. The molecule has 2 aromatic carbocycles. The van der Waals surface area contributed by atoms with E-state index in [4.69, 9.17) is 9.47 Å². The first-order valence-corrected chi connectivity index (χ1v) is 9.55. The number of rotatable bonds is 7. The van der Waals surface area contributed by atoms with Gasteiger partial charge in [0.1, 0.15) is 17.3 Å². The van der Waals surface area contributed by atoms with E-state index in [1.807, 2.05) is 36.5 Å². The fourth-order valence-corrected chi connectivity index (χ4v) is 3.47. The van der Waals surface area contributed by atoms with Crippen LogP contribution in [-0.2, 0) is 11.3 Å². The Hall–Kier alpha value is -2.70. The van der Waals surface area contributed by atoms with Crippen molar-refractivity contribution in [1.29, 1.82) is 0 Å². The highest BCUT2D eigenvalue weighted by molar-refractivity contribution is 5.64. The standard InChI is InChI=1S/C22H24FN3O2/c1-27-18-10-8-16(9-11-18)22-17(13-24-14-19-5-4-12-28-19)15-26(25-22)21-7-3-2-6-20(21)23/h2-3,6-11,15,19,24H,4-5,12-14H2,1H3/t19-/m0/s1. The van der Waals surface area contributed by atoms with Gasteiger partial charge in [0.05, 0.1) is 18.9 Å². The van der Waals surface area contributed by atoms with Crippen LogP contribution in [0.15, 0.2) is 54.7 Å². The topological polar surface area (TPSA) is 48.3 Å². The number of para-hydroxylation sites is 1. The zero-order chi connectivity index (χ0) is 19.3. The normalized spacial score (nSPS) is 16.4. The Balaban J connectivity index is 1.62. The van der Waals surface area contributed by atoms with Gasteiger partial charge in [-0.25, -0.2) is 9.07 Å². The molecule has 0 spiro atoms. The highest BCUT2D eigenvalue weighted by Gasteiger charge is 2.17. The molecule has 4 rings (SSSR count). The Morgan fingerprint density at radius 2 is 2.04 bits per heavy atom. The van der Waals surface area contributed by atoms with Crippen molar-refractivity contribution in [1.82, 2.24) is 15.1 Å². The molecule has 3 aromatic rings. The number of methoxy groups -OCH3 is 1. The molecule has 0 saturated carbocycles. The smallest absolute Gasteiger partial charge is 0.148 e. The monoisotopic (exact) mass is 381 g/mol. The minimum Gasteiger partial charge on any atom is -0.497 e. The quantitative estimate of drug-likeness (QED) is 0.673. The van der Waals surface area contributed by atoms with E-state index in [9.17, 15) is 4.39 Å². The van der Waals surface area contributed by atoms with E-state index in [0.29, 0.717) is 12.2 Å². The molecule has 0 amide bonds. The second kappa shape index (κ2) is 8.54. The molecule has 28 heavy (non-hydrogen) atoms. The summed E-state index contributed by atoms with van der Waals surface area (Å²) < 4.78 is 26.8. The van der Waals surface area contributed by atoms with Crippen molar-refractivity contribution in [3.63, 3.8) is 0 Å². The van der Waals surface area contributed by atoms with Crippen LogP contribution in [0.3, 0.4) is 0 Å². The Kier molecular flexibility index (Phi) is 5.69. The molecular weight excluding hydrogens is 357 g/mol. The maximum Gasteiger partial charge on any atom is 0.148 e. The van der Waals surface area contributed by atoms with Gasteiger partial charge in [-0.3, -0.25) is 0 Å². The molecule has 1 aromatic heterocycles. The molecule has 2 heterocycles. The van der Waals surface area contributed by atoms with Crippen molar-refractivity contribution in [3.05, 3.63) is 66.1 Å². The molecule has 6 heteroatoms. The summed E-state index contributed by atoms with van der Waals surface area (Å²) in [5.74, 6) is 0.487. The first kappa shape index (κ1) is 18.7. The third kappa shape index (κ3) is 4.08. The fraction of sp³-hybridized carbons (Fsp3) is 0.318. The SMILES string of the molecule is COc1ccc(-c2nn(-c3ccccc3F)cc2CNC[C@@H]2CCCO2)cc1. The lowest BCUT2D eigenvalue weighted by Crippen LogP contribution is -2.25. The van der Waals surface area contributed by atoms with E-state index in [0.717, 1.165) is 48.6 Å². The van der Waals surface area contributed by atoms with Gasteiger partial charge in [0, 0.05) is 37.0 Å². The predicted molar refractivity (Wildman–Crippen MR) is 106 cm³/mol. The Labute approximate surface area is 164 Å². The Morgan fingerprint density at radius 1 is 1.21 bits per heavy atom. The van der Waals surface area contributed by atoms with Crippen LogP contribution in [0.2, 0.25) is 0 Å². The predicted octanol–water partition coefficient (Wildman–Crippen LogP) is 3.96. The minimum atomic E-state index is -0.301. The van der Waals surface area contributed by atoms with Crippen LogP contribution >= 0.6 is 0 Å². The number of ether oxygens (including phenoxy) is 2. The average Bonchev–Trinajstić information content (AvgIpc) is 3.39. The van der Waals surface area contributed by atoms with E-state index in [2.05, 4.69) is 10.4 Å². The molecule has 0 aliphatic carbocycles. The van der Waals surface area contributed by atoms with Gasteiger partial charge in [-0.2, -0.15) is 5.10 Å². The Bertz CT molecular complexity index is 918. The summed E-state index contributed by atoms with van der Waals surface area (Å²) >= 11 is 0. The first-order chi connectivity index (χ1) is 13.7. The molecule has 1 N–H and O–H groups in total. The van der Waals surface area contributed by atoms with E-state index < -0.39 is 0 Å². The van der Waals surface area contributed by atoms with Gasteiger partial charge in [0.2, 0.25) is 0 Å². The maximum atomic E-state index is 14.3. The number of aromatic nitrogens is 2. The van der Waals surface area contributed by atoms with Crippen molar-refractivity contribution in [2.45, 2.75) is 25.5 Å². The first-order valence-electron chi connectivity index (χ1n) is 9.55.